The van der Waals surface area contributed by atoms with E-state index < -0.39 is 0 Å². The lowest BCUT2D eigenvalue weighted by Gasteiger charge is -2.09. The maximum atomic E-state index is 9.67. The molecule has 0 unspecified atom stereocenters. The predicted octanol–water partition coefficient (Wildman–Crippen LogP) is 4.95. The molecule has 0 atom stereocenters. The van der Waals surface area contributed by atoms with Crippen LogP contribution in [0.25, 0.3) is 0 Å². The number of ether oxygens (including phenoxy) is 1. The first-order chi connectivity index (χ1) is 9.77. The summed E-state index contributed by atoms with van der Waals surface area (Å²) in [7, 11) is 1.56. The van der Waals surface area contributed by atoms with Gasteiger partial charge in [0.05, 0.1) is 7.11 Å². The molecule has 0 heterocycles. The molecule has 20 heavy (non-hydrogen) atoms. The van der Waals surface area contributed by atoms with E-state index in [1.807, 2.05) is 6.07 Å². The van der Waals surface area contributed by atoms with E-state index in [1.165, 1.54) is 51.4 Å². The van der Waals surface area contributed by atoms with Gasteiger partial charge in [-0.3, -0.25) is 0 Å². The lowest BCUT2D eigenvalue weighted by molar-refractivity contribution is 0.373. The molecular weight excluding hydrogens is 250 g/mol. The van der Waals surface area contributed by atoms with Gasteiger partial charge in [0.15, 0.2) is 11.5 Å². The van der Waals surface area contributed by atoms with Crippen molar-refractivity contribution in [1.82, 2.24) is 0 Å². The number of unbranched alkanes of at least 4 members (excludes halogenated alkanes) is 7. The number of benzene rings is 1. The van der Waals surface area contributed by atoms with E-state index >= 15 is 0 Å². The Morgan fingerprint density at radius 1 is 1.00 bits per heavy atom. The molecule has 0 radical (unpaired) electrons. The molecular formula is C17H29NO2. The largest absolute Gasteiger partial charge is 0.504 e. The van der Waals surface area contributed by atoms with Crippen molar-refractivity contribution in [3.05, 3.63) is 18.2 Å². The Morgan fingerprint density at radius 2 is 1.65 bits per heavy atom. The summed E-state index contributed by atoms with van der Waals surface area (Å²) in [6, 6.07) is 5.43. The third-order valence-electron chi connectivity index (χ3n) is 3.54. The molecule has 114 valence electrons. The van der Waals surface area contributed by atoms with Gasteiger partial charge in [-0.25, -0.2) is 0 Å². The van der Waals surface area contributed by atoms with Crippen LogP contribution in [-0.4, -0.2) is 18.8 Å². The monoisotopic (exact) mass is 279 g/mol. The molecule has 0 aliphatic carbocycles. The summed E-state index contributed by atoms with van der Waals surface area (Å²) in [6.07, 6.45) is 10.6. The smallest absolute Gasteiger partial charge is 0.160 e. The van der Waals surface area contributed by atoms with Crippen molar-refractivity contribution in [2.75, 3.05) is 19.0 Å². The topological polar surface area (TPSA) is 41.5 Å². The highest BCUT2D eigenvalue weighted by Gasteiger charge is 2.01. The predicted molar refractivity (Wildman–Crippen MR) is 85.8 cm³/mol. The van der Waals surface area contributed by atoms with Gasteiger partial charge in [-0.05, 0) is 18.6 Å². The van der Waals surface area contributed by atoms with Crippen LogP contribution in [0.2, 0.25) is 0 Å². The van der Waals surface area contributed by atoms with Crippen molar-refractivity contribution >= 4 is 5.69 Å². The Morgan fingerprint density at radius 3 is 2.25 bits per heavy atom. The van der Waals surface area contributed by atoms with Crippen molar-refractivity contribution in [2.45, 2.75) is 58.3 Å². The second-order valence-corrected chi connectivity index (χ2v) is 5.29. The van der Waals surface area contributed by atoms with Crippen molar-refractivity contribution in [2.24, 2.45) is 0 Å². The van der Waals surface area contributed by atoms with E-state index in [1.54, 1.807) is 19.2 Å². The molecule has 3 nitrogen and oxygen atoms in total. The van der Waals surface area contributed by atoms with Crippen LogP contribution in [0.4, 0.5) is 5.69 Å². The van der Waals surface area contributed by atoms with Gasteiger partial charge in [0.2, 0.25) is 0 Å². The lowest BCUT2D eigenvalue weighted by atomic mass is 10.1. The summed E-state index contributed by atoms with van der Waals surface area (Å²) in [6.45, 7) is 3.21. The fraction of sp³-hybridized carbons (Fsp3) is 0.647. The van der Waals surface area contributed by atoms with Crippen LogP contribution < -0.4 is 10.1 Å². The van der Waals surface area contributed by atoms with Gasteiger partial charge < -0.3 is 15.2 Å². The number of methoxy groups -OCH3 is 1. The highest BCUT2D eigenvalue weighted by Crippen LogP contribution is 2.28. The van der Waals surface area contributed by atoms with E-state index in [9.17, 15) is 5.11 Å². The molecule has 1 aromatic rings. The minimum Gasteiger partial charge on any atom is -0.504 e. The van der Waals surface area contributed by atoms with E-state index in [0.29, 0.717) is 5.75 Å². The minimum absolute atomic E-state index is 0.188. The molecule has 1 rings (SSSR count). The molecule has 0 bridgehead atoms. The highest BCUT2D eigenvalue weighted by molar-refractivity contribution is 5.53. The Labute approximate surface area is 123 Å². The molecule has 0 aliphatic heterocycles. The van der Waals surface area contributed by atoms with Gasteiger partial charge in [0.25, 0.3) is 0 Å². The molecule has 2 N–H and O–H groups in total. The number of rotatable bonds is 11. The van der Waals surface area contributed by atoms with Gasteiger partial charge in [-0.15, -0.1) is 0 Å². The lowest BCUT2D eigenvalue weighted by Crippen LogP contribution is -2.01. The van der Waals surface area contributed by atoms with E-state index in [0.717, 1.165) is 12.2 Å². The molecule has 1 aromatic carbocycles. The average molecular weight is 279 g/mol. The minimum atomic E-state index is 0.188. The van der Waals surface area contributed by atoms with Crippen LogP contribution in [0.15, 0.2) is 18.2 Å². The van der Waals surface area contributed by atoms with Crippen LogP contribution in [0.1, 0.15) is 58.3 Å². The fourth-order valence-corrected chi connectivity index (χ4v) is 2.29. The quantitative estimate of drug-likeness (QED) is 0.563. The fourth-order valence-electron chi connectivity index (χ4n) is 2.29. The maximum absolute atomic E-state index is 9.67. The van der Waals surface area contributed by atoms with Gasteiger partial charge >= 0.3 is 0 Å². The van der Waals surface area contributed by atoms with Gasteiger partial charge in [-0.2, -0.15) is 0 Å². The SMILES string of the molecule is CCCCCCCCCCNc1ccc(OC)c(O)c1. The molecule has 0 aliphatic rings. The zero-order chi connectivity index (χ0) is 14.6. The number of aromatic hydroxyl groups is 1. The molecule has 3 heteroatoms. The first kappa shape index (κ1) is 16.7. The second kappa shape index (κ2) is 10.4. The Hall–Kier alpha value is -1.38. The average Bonchev–Trinajstić information content (AvgIpc) is 2.46. The summed E-state index contributed by atoms with van der Waals surface area (Å²) in [4.78, 5) is 0. The summed E-state index contributed by atoms with van der Waals surface area (Å²) in [5.41, 5.74) is 0.950. The third-order valence-corrected chi connectivity index (χ3v) is 3.54. The standard InChI is InChI=1S/C17H29NO2/c1-3-4-5-6-7-8-9-10-13-18-15-11-12-17(20-2)16(19)14-15/h11-12,14,18-19H,3-10,13H2,1-2H3. The van der Waals surface area contributed by atoms with E-state index in [2.05, 4.69) is 12.2 Å². The second-order valence-electron chi connectivity index (χ2n) is 5.29. The van der Waals surface area contributed by atoms with Crippen molar-refractivity contribution < 1.29 is 9.84 Å². The maximum Gasteiger partial charge on any atom is 0.160 e. The molecule has 0 aromatic heterocycles. The van der Waals surface area contributed by atoms with Gasteiger partial charge in [0, 0.05) is 18.3 Å². The molecule has 0 saturated carbocycles. The number of phenols is 1. The zero-order valence-corrected chi connectivity index (χ0v) is 13.0. The number of hydrogen-bond acceptors (Lipinski definition) is 3. The number of hydrogen-bond donors (Lipinski definition) is 2. The third kappa shape index (κ3) is 6.69. The Kier molecular flexibility index (Phi) is 8.68. The van der Waals surface area contributed by atoms with Crippen LogP contribution in [0.3, 0.4) is 0 Å². The Bertz CT molecular complexity index is 366. The van der Waals surface area contributed by atoms with Gasteiger partial charge in [-0.1, -0.05) is 51.9 Å². The Balaban J connectivity index is 2.05. The van der Waals surface area contributed by atoms with Crippen LogP contribution in [0.5, 0.6) is 11.5 Å². The normalized spacial score (nSPS) is 10.5. The van der Waals surface area contributed by atoms with E-state index in [4.69, 9.17) is 4.74 Å². The van der Waals surface area contributed by atoms with Crippen LogP contribution in [-0.2, 0) is 0 Å². The van der Waals surface area contributed by atoms with Crippen molar-refractivity contribution in [3.63, 3.8) is 0 Å². The summed E-state index contributed by atoms with van der Waals surface area (Å²) >= 11 is 0. The van der Waals surface area contributed by atoms with Crippen LogP contribution in [0, 0.1) is 0 Å². The van der Waals surface area contributed by atoms with Crippen molar-refractivity contribution in [1.29, 1.82) is 0 Å². The number of phenolic OH excluding ortho intramolecular Hbond substituents is 1. The van der Waals surface area contributed by atoms with Gasteiger partial charge in [0.1, 0.15) is 0 Å². The zero-order valence-electron chi connectivity index (χ0n) is 13.0. The van der Waals surface area contributed by atoms with E-state index in [-0.39, 0.29) is 5.75 Å². The molecule has 0 fully saturated rings. The first-order valence-corrected chi connectivity index (χ1v) is 7.88. The molecule has 0 amide bonds. The highest BCUT2D eigenvalue weighted by atomic mass is 16.5. The van der Waals surface area contributed by atoms with Crippen molar-refractivity contribution in [3.8, 4) is 11.5 Å². The number of anilines is 1. The molecule has 0 saturated heterocycles. The summed E-state index contributed by atoms with van der Waals surface area (Å²) in [5, 5.41) is 13.0. The summed E-state index contributed by atoms with van der Waals surface area (Å²) in [5.74, 6) is 0.705. The molecule has 0 spiro atoms. The first-order valence-electron chi connectivity index (χ1n) is 7.88. The number of nitrogens with one attached hydrogen (secondary N) is 1. The summed E-state index contributed by atoms with van der Waals surface area (Å²) < 4.78 is 5.02. The van der Waals surface area contributed by atoms with Crippen LogP contribution >= 0.6 is 0 Å².